The first-order chi connectivity index (χ1) is 14.5. The molecule has 1 aliphatic carbocycles. The van der Waals surface area contributed by atoms with Crippen molar-refractivity contribution in [1.82, 2.24) is 4.90 Å². The van der Waals surface area contributed by atoms with E-state index in [0.29, 0.717) is 16.0 Å². The Bertz CT molecular complexity index is 945. The molecule has 2 aliphatic rings. The summed E-state index contributed by atoms with van der Waals surface area (Å²) in [5.41, 5.74) is 3.97. The van der Waals surface area contributed by atoms with Gasteiger partial charge in [-0.3, -0.25) is 4.79 Å². The fraction of sp³-hybridized carbons (Fsp3) is 0.400. The predicted molar refractivity (Wildman–Crippen MR) is 126 cm³/mol. The van der Waals surface area contributed by atoms with Gasteiger partial charge in [0.25, 0.3) is 5.91 Å². The number of allylic oxidation sites excluding steroid dienone is 2. The molecule has 1 amide bonds. The average Bonchev–Trinajstić information content (AvgIpc) is 3.23. The van der Waals surface area contributed by atoms with Gasteiger partial charge in [0.2, 0.25) is 0 Å². The van der Waals surface area contributed by atoms with Crippen molar-refractivity contribution in [3.05, 3.63) is 75.3 Å². The summed E-state index contributed by atoms with van der Waals surface area (Å²) in [6, 6.07) is 11.8. The molecule has 0 fully saturated rings. The van der Waals surface area contributed by atoms with Gasteiger partial charge in [-0.1, -0.05) is 55.3 Å². The van der Waals surface area contributed by atoms with E-state index in [4.69, 9.17) is 23.2 Å². The van der Waals surface area contributed by atoms with Gasteiger partial charge in [0.15, 0.2) is 0 Å². The number of carbonyl (C=O) groups excluding carboxylic acids is 1. The third-order valence-corrected chi connectivity index (χ3v) is 6.85. The zero-order valence-electron chi connectivity index (χ0n) is 17.5. The highest BCUT2D eigenvalue weighted by atomic mass is 35.5. The lowest BCUT2D eigenvalue weighted by atomic mass is 9.76. The summed E-state index contributed by atoms with van der Waals surface area (Å²) in [5.74, 6) is 0.691. The molecule has 0 bridgehead atoms. The SMILES string of the molecule is CCCN(CCC)C(=O)c1ccc2c(c1)C1C=CCC1C(c1c(Cl)cccc1Cl)N2. The molecule has 0 radical (unpaired) electrons. The van der Waals surface area contributed by atoms with Crippen LogP contribution >= 0.6 is 23.2 Å². The lowest BCUT2D eigenvalue weighted by Gasteiger charge is -2.38. The van der Waals surface area contributed by atoms with E-state index >= 15 is 0 Å². The summed E-state index contributed by atoms with van der Waals surface area (Å²) in [5, 5.41) is 5.06. The second kappa shape index (κ2) is 9.03. The highest BCUT2D eigenvalue weighted by Gasteiger charge is 2.39. The van der Waals surface area contributed by atoms with E-state index in [1.54, 1.807) is 0 Å². The number of nitrogens with zero attached hydrogens (tertiary/aromatic N) is 1. The normalized spacial score (nSPS) is 21.7. The van der Waals surface area contributed by atoms with Gasteiger partial charge in [-0.2, -0.15) is 0 Å². The van der Waals surface area contributed by atoms with E-state index in [0.717, 1.165) is 49.2 Å². The fourth-order valence-electron chi connectivity index (χ4n) is 4.86. The molecule has 30 heavy (non-hydrogen) atoms. The molecule has 2 aromatic carbocycles. The van der Waals surface area contributed by atoms with Gasteiger partial charge in [-0.15, -0.1) is 0 Å². The van der Waals surface area contributed by atoms with Crippen LogP contribution in [0.3, 0.4) is 0 Å². The number of hydrogen-bond acceptors (Lipinski definition) is 2. The summed E-state index contributed by atoms with van der Waals surface area (Å²) < 4.78 is 0. The van der Waals surface area contributed by atoms with Crippen LogP contribution in [-0.4, -0.2) is 23.9 Å². The summed E-state index contributed by atoms with van der Waals surface area (Å²) in [6.45, 7) is 5.81. The number of hydrogen-bond donors (Lipinski definition) is 1. The number of anilines is 1. The lowest BCUT2D eigenvalue weighted by molar-refractivity contribution is 0.0755. The van der Waals surface area contributed by atoms with Gasteiger partial charge in [0.1, 0.15) is 0 Å². The largest absolute Gasteiger partial charge is 0.378 e. The maximum Gasteiger partial charge on any atom is 0.253 e. The van der Waals surface area contributed by atoms with Crippen molar-refractivity contribution < 1.29 is 4.79 Å². The van der Waals surface area contributed by atoms with Crippen molar-refractivity contribution >= 4 is 34.8 Å². The summed E-state index contributed by atoms with van der Waals surface area (Å²) in [4.78, 5) is 15.1. The molecule has 3 nitrogen and oxygen atoms in total. The molecule has 0 aromatic heterocycles. The maximum absolute atomic E-state index is 13.1. The fourth-order valence-corrected chi connectivity index (χ4v) is 5.49. The number of nitrogens with one attached hydrogen (secondary N) is 1. The summed E-state index contributed by atoms with van der Waals surface area (Å²) in [6.07, 6.45) is 7.39. The van der Waals surface area contributed by atoms with Gasteiger partial charge >= 0.3 is 0 Å². The molecule has 1 aliphatic heterocycles. The van der Waals surface area contributed by atoms with Gasteiger partial charge in [0.05, 0.1) is 6.04 Å². The third kappa shape index (κ3) is 3.86. The lowest BCUT2D eigenvalue weighted by Crippen LogP contribution is -2.33. The Morgan fingerprint density at radius 3 is 2.47 bits per heavy atom. The molecule has 0 spiro atoms. The molecule has 4 rings (SSSR count). The van der Waals surface area contributed by atoms with Gasteiger partial charge < -0.3 is 10.2 Å². The van der Waals surface area contributed by atoms with Crippen molar-refractivity contribution in [3.8, 4) is 0 Å². The van der Waals surface area contributed by atoms with E-state index in [2.05, 4.69) is 37.4 Å². The first kappa shape index (κ1) is 21.3. The third-order valence-electron chi connectivity index (χ3n) is 6.19. The molecular weight excluding hydrogens is 415 g/mol. The average molecular weight is 443 g/mol. The first-order valence-electron chi connectivity index (χ1n) is 10.9. The smallest absolute Gasteiger partial charge is 0.253 e. The Balaban J connectivity index is 1.70. The van der Waals surface area contributed by atoms with Crippen LogP contribution in [0.2, 0.25) is 10.0 Å². The quantitative estimate of drug-likeness (QED) is 0.484. The van der Waals surface area contributed by atoms with Crippen molar-refractivity contribution in [1.29, 1.82) is 0 Å². The number of amides is 1. The molecule has 2 aromatic rings. The number of benzene rings is 2. The molecule has 0 saturated heterocycles. The van der Waals surface area contributed by atoms with Crippen molar-refractivity contribution in [2.75, 3.05) is 18.4 Å². The molecular formula is C25H28Cl2N2O. The van der Waals surface area contributed by atoms with Crippen LogP contribution in [-0.2, 0) is 0 Å². The monoisotopic (exact) mass is 442 g/mol. The van der Waals surface area contributed by atoms with Crippen LogP contribution in [0.1, 0.15) is 66.6 Å². The van der Waals surface area contributed by atoms with E-state index < -0.39 is 0 Å². The predicted octanol–water partition coefficient (Wildman–Crippen LogP) is 7.08. The molecule has 5 heteroatoms. The second-order valence-corrected chi connectivity index (χ2v) is 9.02. The zero-order valence-corrected chi connectivity index (χ0v) is 19.0. The van der Waals surface area contributed by atoms with E-state index in [9.17, 15) is 4.79 Å². The van der Waals surface area contributed by atoms with Gasteiger partial charge in [-0.25, -0.2) is 0 Å². The van der Waals surface area contributed by atoms with Crippen molar-refractivity contribution in [2.24, 2.45) is 5.92 Å². The molecule has 3 atom stereocenters. The van der Waals surface area contributed by atoms with Crippen LogP contribution in [0.25, 0.3) is 0 Å². The molecule has 0 saturated carbocycles. The van der Waals surface area contributed by atoms with Crippen LogP contribution in [0.15, 0.2) is 48.6 Å². The van der Waals surface area contributed by atoms with Gasteiger partial charge in [-0.05, 0) is 61.1 Å². The zero-order chi connectivity index (χ0) is 21.3. The Morgan fingerprint density at radius 1 is 1.10 bits per heavy atom. The van der Waals surface area contributed by atoms with Crippen LogP contribution in [0.5, 0.6) is 0 Å². The Labute approximate surface area is 189 Å². The minimum absolute atomic E-state index is 0.0388. The minimum atomic E-state index is 0.0388. The Hall–Kier alpha value is -1.97. The molecule has 1 heterocycles. The molecule has 1 N–H and O–H groups in total. The Kier molecular flexibility index (Phi) is 6.40. The van der Waals surface area contributed by atoms with Crippen LogP contribution in [0, 0.1) is 5.92 Å². The topological polar surface area (TPSA) is 32.3 Å². The number of rotatable bonds is 6. The number of fused-ring (bicyclic) bond motifs is 3. The standard InChI is InChI=1S/C25H28Cl2N2O/c1-3-13-29(14-4-2)25(30)16-11-12-22-19(15-16)17-7-5-8-18(17)24(28-22)23-20(26)9-6-10-21(23)27/h5-7,9-12,15,17-18,24,28H,3-4,8,13-14H2,1-2H3. The summed E-state index contributed by atoms with van der Waals surface area (Å²) >= 11 is 13.1. The molecule has 3 unspecified atom stereocenters. The van der Waals surface area contributed by atoms with Crippen molar-refractivity contribution in [3.63, 3.8) is 0 Å². The van der Waals surface area contributed by atoms with Crippen molar-refractivity contribution in [2.45, 2.75) is 45.1 Å². The summed E-state index contributed by atoms with van der Waals surface area (Å²) in [7, 11) is 0. The van der Waals surface area contributed by atoms with Crippen LogP contribution in [0.4, 0.5) is 5.69 Å². The van der Waals surface area contributed by atoms with E-state index in [1.807, 2.05) is 35.2 Å². The highest BCUT2D eigenvalue weighted by molar-refractivity contribution is 6.36. The van der Waals surface area contributed by atoms with Crippen LogP contribution < -0.4 is 5.32 Å². The maximum atomic E-state index is 13.1. The highest BCUT2D eigenvalue weighted by Crippen LogP contribution is 2.52. The Morgan fingerprint density at radius 2 is 1.80 bits per heavy atom. The first-order valence-corrected chi connectivity index (χ1v) is 11.6. The number of carbonyl (C=O) groups is 1. The second-order valence-electron chi connectivity index (χ2n) is 8.21. The van der Waals surface area contributed by atoms with E-state index in [1.165, 1.54) is 5.56 Å². The minimum Gasteiger partial charge on any atom is -0.378 e. The van der Waals surface area contributed by atoms with Gasteiger partial charge in [0, 0.05) is 45.9 Å². The number of halogens is 2. The molecule has 158 valence electrons. The van der Waals surface area contributed by atoms with E-state index in [-0.39, 0.29) is 17.9 Å².